The Morgan fingerprint density at radius 2 is 2.00 bits per heavy atom. The number of carbonyl (C=O) groups is 1. The molecule has 0 rings (SSSR count). The molecule has 0 aliphatic rings. The second-order valence-electron chi connectivity index (χ2n) is 2.69. The number of nitrogens with zero attached hydrogens (tertiary/aromatic N) is 1. The van der Waals surface area contributed by atoms with Crippen molar-refractivity contribution in [1.82, 2.24) is 4.90 Å². The van der Waals surface area contributed by atoms with Crippen molar-refractivity contribution in [2.45, 2.75) is 33.1 Å². The van der Waals surface area contributed by atoms with Crippen LogP contribution in [0, 0.1) is 0 Å². The van der Waals surface area contributed by atoms with Crippen molar-refractivity contribution >= 4 is 28.6 Å². The number of hydrogen-bond acceptors (Lipinski definition) is 1. The Morgan fingerprint density at radius 1 is 1.38 bits per heavy atom. The Labute approximate surface area is 89.5 Å². The predicted molar refractivity (Wildman–Crippen MR) is 57.1 cm³/mol. The summed E-state index contributed by atoms with van der Waals surface area (Å²) in [5.74, 6) is 0. The normalized spacial score (nSPS) is 11.5. The van der Waals surface area contributed by atoms with Gasteiger partial charge in [0.2, 0.25) is 0 Å². The van der Waals surface area contributed by atoms with E-state index in [0.717, 1.165) is 19.3 Å². The third kappa shape index (κ3) is 5.17. The van der Waals surface area contributed by atoms with Crippen LogP contribution in [0.15, 0.2) is 11.2 Å². The number of allylic oxidation sites excluding steroid dienone is 1. The molecule has 0 aliphatic heterocycles. The molecule has 0 unspecified atom stereocenters. The minimum Gasteiger partial charge on any atom is -0.289 e. The van der Waals surface area contributed by atoms with Gasteiger partial charge in [0.05, 0.1) is 0 Å². The first kappa shape index (κ1) is 12.8. The molecule has 0 heterocycles. The fraction of sp³-hybridized carbons (Fsp3) is 0.667. The van der Waals surface area contributed by atoms with Gasteiger partial charge >= 0.3 is 5.37 Å². The molecular formula is C9H15Cl2NO. The summed E-state index contributed by atoms with van der Waals surface area (Å²) < 4.78 is 0. The topological polar surface area (TPSA) is 20.3 Å². The zero-order valence-electron chi connectivity index (χ0n) is 8.02. The van der Waals surface area contributed by atoms with Crippen LogP contribution in [0.4, 0.5) is 4.79 Å². The van der Waals surface area contributed by atoms with E-state index in [9.17, 15) is 4.79 Å². The van der Waals surface area contributed by atoms with E-state index in [-0.39, 0.29) is 0 Å². The number of halogens is 2. The van der Waals surface area contributed by atoms with Crippen molar-refractivity contribution in [3.05, 3.63) is 11.2 Å². The first-order chi connectivity index (χ1) is 6.13. The molecule has 4 heteroatoms. The lowest BCUT2D eigenvalue weighted by Crippen LogP contribution is -2.24. The van der Waals surface area contributed by atoms with Gasteiger partial charge in [0.25, 0.3) is 0 Å². The smallest absolute Gasteiger partial charge is 0.289 e. The summed E-state index contributed by atoms with van der Waals surface area (Å²) in [4.78, 5) is 12.3. The van der Waals surface area contributed by atoms with Gasteiger partial charge in [-0.2, -0.15) is 0 Å². The molecule has 2 nitrogen and oxygen atoms in total. The third-order valence-corrected chi connectivity index (χ3v) is 2.14. The summed E-state index contributed by atoms with van der Waals surface area (Å²) in [6, 6.07) is 0. The Bertz CT molecular complexity index is 192. The SMILES string of the molecule is CCC=C(Cl)N(CCCC)C(=O)Cl. The molecule has 76 valence electrons. The Balaban J connectivity index is 4.24. The number of amides is 1. The van der Waals surface area contributed by atoms with Gasteiger partial charge in [0, 0.05) is 6.54 Å². The van der Waals surface area contributed by atoms with Gasteiger partial charge in [-0.3, -0.25) is 9.69 Å². The van der Waals surface area contributed by atoms with Gasteiger partial charge in [-0.25, -0.2) is 0 Å². The monoisotopic (exact) mass is 223 g/mol. The first-order valence-corrected chi connectivity index (χ1v) is 5.21. The maximum atomic E-state index is 10.9. The van der Waals surface area contributed by atoms with Crippen LogP contribution in [0.1, 0.15) is 33.1 Å². The van der Waals surface area contributed by atoms with Crippen molar-refractivity contribution in [2.75, 3.05) is 6.54 Å². The molecule has 0 bridgehead atoms. The van der Waals surface area contributed by atoms with Gasteiger partial charge in [0.1, 0.15) is 5.16 Å². The maximum absolute atomic E-state index is 10.9. The average molecular weight is 224 g/mol. The highest BCUT2D eigenvalue weighted by Crippen LogP contribution is 2.14. The highest BCUT2D eigenvalue weighted by molar-refractivity contribution is 6.63. The third-order valence-electron chi connectivity index (χ3n) is 1.58. The van der Waals surface area contributed by atoms with E-state index in [1.54, 1.807) is 6.08 Å². The molecule has 0 atom stereocenters. The van der Waals surface area contributed by atoms with Crippen LogP contribution in [0.5, 0.6) is 0 Å². The number of unbranched alkanes of at least 4 members (excludes halogenated alkanes) is 1. The lowest BCUT2D eigenvalue weighted by molar-refractivity contribution is 0.236. The fourth-order valence-corrected chi connectivity index (χ4v) is 1.41. The van der Waals surface area contributed by atoms with Crippen LogP contribution in [-0.2, 0) is 0 Å². The Kier molecular flexibility index (Phi) is 7.10. The molecule has 0 saturated carbocycles. The zero-order chi connectivity index (χ0) is 10.3. The second-order valence-corrected chi connectivity index (χ2v) is 3.40. The van der Waals surface area contributed by atoms with Crippen molar-refractivity contribution < 1.29 is 4.79 Å². The molecule has 0 spiro atoms. The van der Waals surface area contributed by atoms with E-state index in [1.807, 2.05) is 13.8 Å². The Morgan fingerprint density at radius 3 is 2.38 bits per heavy atom. The van der Waals surface area contributed by atoms with E-state index < -0.39 is 5.37 Å². The average Bonchev–Trinajstić information content (AvgIpc) is 2.05. The standard InChI is InChI=1S/C9H15Cl2NO/c1-3-5-7-12(9(11)13)8(10)6-4-2/h6H,3-5,7H2,1-2H3. The second kappa shape index (κ2) is 7.22. The van der Waals surface area contributed by atoms with E-state index >= 15 is 0 Å². The molecule has 0 fully saturated rings. The lowest BCUT2D eigenvalue weighted by atomic mass is 10.3. The summed E-state index contributed by atoms with van der Waals surface area (Å²) in [5, 5.41) is -0.0842. The molecule has 0 aliphatic carbocycles. The molecule has 0 saturated heterocycles. The minimum absolute atomic E-state index is 0.427. The fourth-order valence-electron chi connectivity index (χ4n) is 0.874. The van der Waals surface area contributed by atoms with Crippen LogP contribution >= 0.6 is 23.2 Å². The molecule has 0 aromatic rings. The van der Waals surface area contributed by atoms with Crippen LogP contribution in [0.25, 0.3) is 0 Å². The van der Waals surface area contributed by atoms with Gasteiger partial charge in [0.15, 0.2) is 0 Å². The van der Waals surface area contributed by atoms with Crippen molar-refractivity contribution in [2.24, 2.45) is 0 Å². The van der Waals surface area contributed by atoms with Gasteiger partial charge in [-0.1, -0.05) is 31.9 Å². The molecule has 1 amide bonds. The lowest BCUT2D eigenvalue weighted by Gasteiger charge is -2.17. The number of rotatable bonds is 5. The molecule has 0 aromatic carbocycles. The predicted octanol–water partition coefficient (Wildman–Crippen LogP) is 3.94. The largest absolute Gasteiger partial charge is 0.321 e. The van der Waals surface area contributed by atoms with E-state index in [1.165, 1.54) is 4.90 Å². The van der Waals surface area contributed by atoms with Crippen molar-refractivity contribution in [1.29, 1.82) is 0 Å². The van der Waals surface area contributed by atoms with Crippen LogP contribution < -0.4 is 0 Å². The highest BCUT2D eigenvalue weighted by Gasteiger charge is 2.12. The summed E-state index contributed by atoms with van der Waals surface area (Å²) in [7, 11) is 0. The quantitative estimate of drug-likeness (QED) is 0.511. The van der Waals surface area contributed by atoms with Crippen molar-refractivity contribution in [3.63, 3.8) is 0 Å². The Hall–Kier alpha value is -0.210. The first-order valence-electron chi connectivity index (χ1n) is 4.46. The molecule has 0 radical (unpaired) electrons. The van der Waals surface area contributed by atoms with Gasteiger partial charge < -0.3 is 0 Å². The van der Waals surface area contributed by atoms with Gasteiger partial charge in [-0.15, -0.1) is 0 Å². The summed E-state index contributed by atoms with van der Waals surface area (Å²) >= 11 is 11.2. The van der Waals surface area contributed by atoms with Crippen molar-refractivity contribution in [3.8, 4) is 0 Å². The van der Waals surface area contributed by atoms with Crippen LogP contribution in [0.2, 0.25) is 0 Å². The molecule has 0 N–H and O–H groups in total. The summed E-state index contributed by atoms with van der Waals surface area (Å²) in [5.41, 5.74) is 0. The summed E-state index contributed by atoms with van der Waals surface area (Å²) in [6.45, 7) is 4.60. The number of carbonyl (C=O) groups excluding carboxylic acids is 1. The van der Waals surface area contributed by atoms with Gasteiger partial charge in [-0.05, 0) is 30.5 Å². The van der Waals surface area contributed by atoms with E-state index in [2.05, 4.69) is 0 Å². The molecule has 13 heavy (non-hydrogen) atoms. The molecular weight excluding hydrogens is 209 g/mol. The summed E-state index contributed by atoms with van der Waals surface area (Å²) in [6.07, 6.45) is 4.49. The number of hydrogen-bond donors (Lipinski definition) is 0. The zero-order valence-corrected chi connectivity index (χ0v) is 9.53. The molecule has 0 aromatic heterocycles. The minimum atomic E-state index is -0.511. The maximum Gasteiger partial charge on any atom is 0.321 e. The van der Waals surface area contributed by atoms with Crippen LogP contribution in [0.3, 0.4) is 0 Å². The van der Waals surface area contributed by atoms with E-state index in [4.69, 9.17) is 23.2 Å². The highest BCUT2D eigenvalue weighted by atomic mass is 35.5. The van der Waals surface area contributed by atoms with E-state index in [0.29, 0.717) is 11.7 Å². The van der Waals surface area contributed by atoms with Crippen LogP contribution in [-0.4, -0.2) is 16.8 Å².